The number of nitrogens with one attached hydrogen (secondary N) is 3. The van der Waals surface area contributed by atoms with E-state index in [-0.39, 0.29) is 11.4 Å². The molecule has 2 aliphatic rings. The van der Waals surface area contributed by atoms with Gasteiger partial charge in [-0.2, -0.15) is 10.1 Å². The summed E-state index contributed by atoms with van der Waals surface area (Å²) < 4.78 is 14.2. The van der Waals surface area contributed by atoms with Crippen molar-refractivity contribution in [1.29, 1.82) is 0 Å². The van der Waals surface area contributed by atoms with Crippen LogP contribution in [-0.4, -0.2) is 45.3 Å². The fourth-order valence-corrected chi connectivity index (χ4v) is 3.37. The number of fused-ring (bicyclic) bond motifs is 1. The van der Waals surface area contributed by atoms with E-state index in [1.807, 2.05) is 18.2 Å². The maximum absolute atomic E-state index is 14.2. The van der Waals surface area contributed by atoms with Crippen molar-refractivity contribution in [2.24, 2.45) is 0 Å². The van der Waals surface area contributed by atoms with Gasteiger partial charge in [0.1, 0.15) is 0 Å². The molecule has 2 aromatic heterocycles. The van der Waals surface area contributed by atoms with Crippen LogP contribution in [0.5, 0.6) is 0 Å². The van der Waals surface area contributed by atoms with E-state index in [9.17, 15) is 4.39 Å². The number of nitrogens with zero attached hydrogens (tertiary/aromatic N) is 4. The van der Waals surface area contributed by atoms with Gasteiger partial charge in [0.2, 0.25) is 5.95 Å². The summed E-state index contributed by atoms with van der Waals surface area (Å²) in [5.74, 6) is 0.296. The van der Waals surface area contributed by atoms with E-state index in [4.69, 9.17) is 0 Å². The van der Waals surface area contributed by atoms with Gasteiger partial charge in [0.05, 0.1) is 17.9 Å². The molecule has 0 unspecified atom stereocenters. The van der Waals surface area contributed by atoms with Crippen LogP contribution >= 0.6 is 0 Å². The third kappa shape index (κ3) is 2.68. The Bertz CT molecular complexity index is 934. The van der Waals surface area contributed by atoms with Crippen LogP contribution in [0.2, 0.25) is 0 Å². The first kappa shape index (κ1) is 14.6. The third-order valence-corrected chi connectivity index (χ3v) is 4.95. The molecule has 25 heavy (non-hydrogen) atoms. The van der Waals surface area contributed by atoms with Crippen LogP contribution < -0.4 is 15.5 Å². The molecule has 3 N–H and O–H groups in total. The molecule has 0 amide bonds. The SMILES string of the molecule is Fc1cnc(N2CCNC3(CC3)C2)nc1Nc1ccc2[nH]ncc2c1. The first-order valence-corrected chi connectivity index (χ1v) is 8.44. The van der Waals surface area contributed by atoms with Crippen molar-refractivity contribution in [3.8, 4) is 0 Å². The van der Waals surface area contributed by atoms with Gasteiger partial charge < -0.3 is 15.5 Å². The van der Waals surface area contributed by atoms with Crippen LogP contribution in [-0.2, 0) is 0 Å². The molecular weight excluding hydrogens is 321 g/mol. The number of rotatable bonds is 3. The number of anilines is 3. The van der Waals surface area contributed by atoms with E-state index in [1.54, 1.807) is 6.20 Å². The van der Waals surface area contributed by atoms with Crippen molar-refractivity contribution in [2.75, 3.05) is 29.9 Å². The van der Waals surface area contributed by atoms with E-state index in [0.29, 0.717) is 5.95 Å². The van der Waals surface area contributed by atoms with Gasteiger partial charge in [0, 0.05) is 36.2 Å². The van der Waals surface area contributed by atoms with Crippen molar-refractivity contribution in [1.82, 2.24) is 25.5 Å². The van der Waals surface area contributed by atoms with Crippen LogP contribution in [0.3, 0.4) is 0 Å². The largest absolute Gasteiger partial charge is 0.338 e. The van der Waals surface area contributed by atoms with E-state index in [1.165, 1.54) is 19.0 Å². The monoisotopic (exact) mass is 339 g/mol. The van der Waals surface area contributed by atoms with Gasteiger partial charge in [-0.1, -0.05) is 0 Å². The molecule has 2 fully saturated rings. The Kier molecular flexibility index (Phi) is 3.14. The van der Waals surface area contributed by atoms with E-state index >= 15 is 0 Å². The standard InChI is InChI=1S/C17H18FN7/c18-13-9-19-16(25-6-5-20-17(10-25)3-4-17)23-15(13)22-12-1-2-14-11(7-12)8-21-24-14/h1-2,7-9,20H,3-6,10H2,(H,21,24)(H,19,22,23). The fraction of sp³-hybridized carbons (Fsp3) is 0.353. The minimum Gasteiger partial charge on any atom is -0.338 e. The smallest absolute Gasteiger partial charge is 0.227 e. The zero-order chi connectivity index (χ0) is 16.9. The van der Waals surface area contributed by atoms with Crippen molar-refractivity contribution in [3.63, 3.8) is 0 Å². The lowest BCUT2D eigenvalue weighted by Gasteiger charge is -2.34. The Morgan fingerprint density at radius 1 is 1.24 bits per heavy atom. The number of piperazine rings is 1. The summed E-state index contributed by atoms with van der Waals surface area (Å²) in [5.41, 5.74) is 1.91. The van der Waals surface area contributed by atoms with Gasteiger partial charge in [-0.3, -0.25) is 5.10 Å². The molecule has 1 saturated heterocycles. The molecule has 1 aliphatic heterocycles. The Hall–Kier alpha value is -2.74. The number of hydrogen-bond acceptors (Lipinski definition) is 6. The summed E-state index contributed by atoms with van der Waals surface area (Å²) in [5, 5.41) is 14.5. The molecule has 3 heterocycles. The van der Waals surface area contributed by atoms with Gasteiger partial charge in [-0.25, -0.2) is 9.37 Å². The molecule has 5 rings (SSSR count). The molecule has 8 heteroatoms. The van der Waals surface area contributed by atoms with Gasteiger partial charge in [-0.15, -0.1) is 0 Å². The van der Waals surface area contributed by atoms with Crippen molar-refractivity contribution in [3.05, 3.63) is 36.4 Å². The van der Waals surface area contributed by atoms with E-state index < -0.39 is 5.82 Å². The van der Waals surface area contributed by atoms with E-state index in [2.05, 4.69) is 35.7 Å². The summed E-state index contributed by atoms with van der Waals surface area (Å²) in [4.78, 5) is 10.8. The van der Waals surface area contributed by atoms with Gasteiger partial charge in [-0.05, 0) is 31.0 Å². The number of aromatic nitrogens is 4. The molecule has 0 radical (unpaired) electrons. The maximum atomic E-state index is 14.2. The lowest BCUT2D eigenvalue weighted by atomic mass is 10.2. The zero-order valence-corrected chi connectivity index (χ0v) is 13.6. The normalized spacial score (nSPS) is 18.7. The van der Waals surface area contributed by atoms with Gasteiger partial charge >= 0.3 is 0 Å². The Labute approximate surface area is 143 Å². The predicted octanol–water partition coefficient (Wildman–Crippen LogP) is 2.18. The van der Waals surface area contributed by atoms with Crippen molar-refractivity contribution >= 4 is 28.4 Å². The third-order valence-electron chi connectivity index (χ3n) is 4.95. The molecule has 128 valence electrons. The summed E-state index contributed by atoms with van der Waals surface area (Å²) in [6.45, 7) is 2.60. The average molecular weight is 339 g/mol. The minimum atomic E-state index is -0.465. The molecule has 1 saturated carbocycles. The lowest BCUT2D eigenvalue weighted by molar-refractivity contribution is 0.437. The maximum Gasteiger partial charge on any atom is 0.227 e. The average Bonchev–Trinajstić information content (AvgIpc) is 3.19. The molecule has 1 spiro atoms. The summed E-state index contributed by atoms with van der Waals surface area (Å²) in [6, 6.07) is 5.67. The van der Waals surface area contributed by atoms with Crippen LogP contribution in [0, 0.1) is 5.82 Å². The van der Waals surface area contributed by atoms with Gasteiger partial charge in [0.25, 0.3) is 0 Å². The lowest BCUT2D eigenvalue weighted by Crippen LogP contribution is -2.53. The molecule has 0 atom stereocenters. The highest BCUT2D eigenvalue weighted by atomic mass is 19.1. The second-order valence-electron chi connectivity index (χ2n) is 6.79. The molecule has 1 aliphatic carbocycles. The number of benzene rings is 1. The van der Waals surface area contributed by atoms with Gasteiger partial charge in [0.15, 0.2) is 11.6 Å². The second-order valence-corrected chi connectivity index (χ2v) is 6.79. The topological polar surface area (TPSA) is 81.8 Å². The first-order valence-electron chi connectivity index (χ1n) is 8.44. The zero-order valence-electron chi connectivity index (χ0n) is 13.6. The molecule has 0 bridgehead atoms. The van der Waals surface area contributed by atoms with Crippen LogP contribution in [0.4, 0.5) is 21.8 Å². The molecule has 7 nitrogen and oxygen atoms in total. The summed E-state index contributed by atoms with van der Waals surface area (Å²) in [6.07, 6.45) is 5.34. The number of aromatic amines is 1. The predicted molar refractivity (Wildman–Crippen MR) is 93.5 cm³/mol. The Morgan fingerprint density at radius 2 is 2.16 bits per heavy atom. The second kappa shape index (κ2) is 5.38. The fourth-order valence-electron chi connectivity index (χ4n) is 3.37. The Morgan fingerprint density at radius 3 is 3.04 bits per heavy atom. The molecular formula is C17H18FN7. The minimum absolute atomic E-state index is 0.191. The summed E-state index contributed by atoms with van der Waals surface area (Å²) in [7, 11) is 0. The summed E-state index contributed by atoms with van der Waals surface area (Å²) >= 11 is 0. The number of hydrogen-bond donors (Lipinski definition) is 3. The van der Waals surface area contributed by atoms with Crippen LogP contribution in [0.1, 0.15) is 12.8 Å². The quantitative estimate of drug-likeness (QED) is 0.678. The van der Waals surface area contributed by atoms with Crippen LogP contribution in [0.15, 0.2) is 30.6 Å². The highest BCUT2D eigenvalue weighted by Crippen LogP contribution is 2.38. The molecule has 3 aromatic rings. The van der Waals surface area contributed by atoms with Crippen molar-refractivity contribution in [2.45, 2.75) is 18.4 Å². The highest BCUT2D eigenvalue weighted by Gasteiger charge is 2.46. The molecule has 1 aromatic carbocycles. The highest BCUT2D eigenvalue weighted by molar-refractivity contribution is 5.82. The first-order chi connectivity index (χ1) is 12.2. The van der Waals surface area contributed by atoms with E-state index in [0.717, 1.165) is 36.2 Å². The Balaban J connectivity index is 1.42. The number of halogens is 1. The van der Waals surface area contributed by atoms with Crippen LogP contribution in [0.25, 0.3) is 10.9 Å². The number of H-pyrrole nitrogens is 1. The van der Waals surface area contributed by atoms with Crippen molar-refractivity contribution < 1.29 is 4.39 Å².